The van der Waals surface area contributed by atoms with Gasteiger partial charge in [0.25, 0.3) is 0 Å². The molecule has 1 unspecified atom stereocenters. The average Bonchev–Trinajstić information content (AvgIpc) is 2.42. The van der Waals surface area contributed by atoms with Crippen LogP contribution in [0.4, 0.5) is 4.79 Å². The van der Waals surface area contributed by atoms with Crippen LogP contribution in [0, 0.1) is 0 Å². The summed E-state index contributed by atoms with van der Waals surface area (Å²) >= 11 is 0. The molecule has 0 aromatic rings. The SMILES string of the molecule is O=C1CCC(NS(=O)(=O)C2CCN(C(=O)O)CC2)C(=O)N1. The van der Waals surface area contributed by atoms with Crippen LogP contribution in [0.3, 0.4) is 0 Å². The van der Waals surface area contributed by atoms with E-state index in [1.54, 1.807) is 0 Å². The maximum absolute atomic E-state index is 12.2. The van der Waals surface area contributed by atoms with Crippen molar-refractivity contribution < 1.29 is 27.9 Å². The number of nitrogens with zero attached hydrogens (tertiary/aromatic N) is 1. The molecule has 0 aromatic carbocycles. The summed E-state index contributed by atoms with van der Waals surface area (Å²) in [6.07, 6.45) is -0.457. The standard InChI is InChI=1S/C11H17N3O6S/c15-9-2-1-8(10(16)12-9)13-21(19,20)7-3-5-14(6-4-7)11(17)18/h7-8,13H,1-6H2,(H,17,18)(H,12,15,16). The van der Waals surface area contributed by atoms with Crippen molar-refractivity contribution in [1.82, 2.24) is 14.9 Å². The first-order chi connectivity index (χ1) is 9.79. The van der Waals surface area contributed by atoms with Gasteiger partial charge in [-0.15, -0.1) is 0 Å². The van der Waals surface area contributed by atoms with E-state index in [0.717, 1.165) is 4.90 Å². The van der Waals surface area contributed by atoms with Crippen LogP contribution in [0.15, 0.2) is 0 Å². The van der Waals surface area contributed by atoms with Gasteiger partial charge in [-0.3, -0.25) is 14.9 Å². The fourth-order valence-corrected chi connectivity index (χ4v) is 4.10. The third-order valence-corrected chi connectivity index (χ3v) is 5.66. The largest absolute Gasteiger partial charge is 0.465 e. The first kappa shape index (κ1) is 15.7. The number of likely N-dealkylation sites (tertiary alicyclic amines) is 1. The number of carbonyl (C=O) groups excluding carboxylic acids is 2. The maximum atomic E-state index is 12.2. The Morgan fingerprint density at radius 3 is 2.38 bits per heavy atom. The monoisotopic (exact) mass is 319 g/mol. The molecule has 0 radical (unpaired) electrons. The van der Waals surface area contributed by atoms with Gasteiger partial charge in [0.15, 0.2) is 0 Å². The number of hydrogen-bond acceptors (Lipinski definition) is 5. The van der Waals surface area contributed by atoms with Crippen molar-refractivity contribution in [3.05, 3.63) is 0 Å². The Morgan fingerprint density at radius 2 is 1.86 bits per heavy atom. The van der Waals surface area contributed by atoms with Crippen molar-refractivity contribution in [2.45, 2.75) is 37.0 Å². The molecule has 2 heterocycles. The summed E-state index contributed by atoms with van der Waals surface area (Å²) < 4.78 is 26.8. The maximum Gasteiger partial charge on any atom is 0.407 e. The molecule has 2 saturated heterocycles. The van der Waals surface area contributed by atoms with Gasteiger partial charge >= 0.3 is 6.09 Å². The predicted molar refractivity (Wildman–Crippen MR) is 70.8 cm³/mol. The zero-order valence-electron chi connectivity index (χ0n) is 11.2. The molecule has 1 atom stereocenters. The van der Waals surface area contributed by atoms with Crippen LogP contribution in [0.1, 0.15) is 25.7 Å². The normalized spacial score (nSPS) is 24.8. The van der Waals surface area contributed by atoms with E-state index in [2.05, 4.69) is 10.0 Å². The molecule has 2 fully saturated rings. The van der Waals surface area contributed by atoms with Crippen molar-refractivity contribution >= 4 is 27.9 Å². The lowest BCUT2D eigenvalue weighted by Crippen LogP contribution is -2.55. The number of imide groups is 1. The van der Waals surface area contributed by atoms with E-state index < -0.39 is 39.2 Å². The first-order valence-electron chi connectivity index (χ1n) is 6.62. The van der Waals surface area contributed by atoms with Crippen molar-refractivity contribution in [3.8, 4) is 0 Å². The van der Waals surface area contributed by atoms with Crippen LogP contribution in [0.5, 0.6) is 0 Å². The molecule has 3 N–H and O–H groups in total. The summed E-state index contributed by atoms with van der Waals surface area (Å²) in [6.45, 7) is 0.298. The molecule has 21 heavy (non-hydrogen) atoms. The molecule has 0 spiro atoms. The number of rotatable bonds is 3. The second kappa shape index (κ2) is 5.98. The van der Waals surface area contributed by atoms with Crippen molar-refractivity contribution in [1.29, 1.82) is 0 Å². The Labute approximate surface area is 121 Å². The Hall–Kier alpha value is -1.68. The fraction of sp³-hybridized carbons (Fsp3) is 0.727. The highest BCUT2D eigenvalue weighted by Crippen LogP contribution is 2.18. The second-order valence-corrected chi connectivity index (χ2v) is 7.13. The highest BCUT2D eigenvalue weighted by atomic mass is 32.2. The van der Waals surface area contributed by atoms with Crippen molar-refractivity contribution in [2.24, 2.45) is 0 Å². The van der Waals surface area contributed by atoms with Crippen molar-refractivity contribution in [3.63, 3.8) is 0 Å². The number of carboxylic acid groups (broad SMARTS) is 1. The van der Waals surface area contributed by atoms with E-state index in [0.29, 0.717) is 0 Å². The molecular weight excluding hydrogens is 302 g/mol. The Kier molecular flexibility index (Phi) is 4.47. The predicted octanol–water partition coefficient (Wildman–Crippen LogP) is -1.15. The number of piperidine rings is 2. The highest BCUT2D eigenvalue weighted by Gasteiger charge is 2.36. The lowest BCUT2D eigenvalue weighted by molar-refractivity contribution is -0.134. The smallest absolute Gasteiger partial charge is 0.407 e. The average molecular weight is 319 g/mol. The number of sulfonamides is 1. The molecule has 0 aliphatic carbocycles. The van der Waals surface area contributed by atoms with Crippen molar-refractivity contribution in [2.75, 3.05) is 13.1 Å². The molecule has 2 aliphatic rings. The van der Waals surface area contributed by atoms with Gasteiger partial charge in [0.05, 0.1) is 5.25 Å². The minimum absolute atomic E-state index is 0.0936. The van der Waals surface area contributed by atoms with Crippen LogP contribution in [0.25, 0.3) is 0 Å². The second-order valence-electron chi connectivity index (χ2n) is 5.14. The van der Waals surface area contributed by atoms with Gasteiger partial charge in [-0.1, -0.05) is 0 Å². The summed E-state index contributed by atoms with van der Waals surface area (Å²) in [6, 6.07) is -0.940. The number of hydrogen-bond donors (Lipinski definition) is 3. The third kappa shape index (κ3) is 3.70. The number of carbonyl (C=O) groups is 3. The van der Waals surface area contributed by atoms with Gasteiger partial charge in [0, 0.05) is 19.5 Å². The fourth-order valence-electron chi connectivity index (χ4n) is 2.46. The van der Waals surface area contributed by atoms with Gasteiger partial charge in [-0.05, 0) is 19.3 Å². The minimum Gasteiger partial charge on any atom is -0.465 e. The molecule has 0 aromatic heterocycles. The van der Waals surface area contributed by atoms with Crippen LogP contribution in [-0.4, -0.2) is 60.7 Å². The molecule has 118 valence electrons. The lowest BCUT2D eigenvalue weighted by atomic mass is 10.1. The van der Waals surface area contributed by atoms with Crippen LogP contribution in [-0.2, 0) is 19.6 Å². The zero-order chi connectivity index (χ0) is 15.6. The van der Waals surface area contributed by atoms with E-state index in [4.69, 9.17) is 5.11 Å². The summed E-state index contributed by atoms with van der Waals surface area (Å²) in [5.74, 6) is -1.05. The van der Waals surface area contributed by atoms with Gasteiger partial charge in [-0.25, -0.2) is 17.9 Å². The number of amides is 3. The Balaban J connectivity index is 1.95. The molecule has 10 heteroatoms. The highest BCUT2D eigenvalue weighted by molar-refractivity contribution is 7.90. The minimum atomic E-state index is -3.72. The van der Waals surface area contributed by atoms with E-state index >= 15 is 0 Å². The third-order valence-electron chi connectivity index (χ3n) is 3.70. The molecule has 2 aliphatic heterocycles. The van der Waals surface area contributed by atoms with E-state index in [9.17, 15) is 22.8 Å². The Bertz CT molecular complexity index is 552. The summed E-state index contributed by atoms with van der Waals surface area (Å²) in [5.41, 5.74) is 0. The first-order valence-corrected chi connectivity index (χ1v) is 8.17. The quantitative estimate of drug-likeness (QED) is 0.563. The molecule has 3 amide bonds. The summed E-state index contributed by atoms with van der Waals surface area (Å²) in [7, 11) is -3.72. The van der Waals surface area contributed by atoms with Crippen LogP contribution in [0.2, 0.25) is 0 Å². The van der Waals surface area contributed by atoms with E-state index in [1.807, 2.05) is 0 Å². The van der Waals surface area contributed by atoms with Crippen LogP contribution < -0.4 is 10.0 Å². The molecule has 2 rings (SSSR count). The zero-order valence-corrected chi connectivity index (χ0v) is 12.1. The lowest BCUT2D eigenvalue weighted by Gasteiger charge is -2.31. The van der Waals surface area contributed by atoms with E-state index in [-0.39, 0.29) is 38.8 Å². The molecular formula is C11H17N3O6S. The molecule has 9 nitrogen and oxygen atoms in total. The van der Waals surface area contributed by atoms with Crippen LogP contribution >= 0.6 is 0 Å². The van der Waals surface area contributed by atoms with Gasteiger partial charge in [0.2, 0.25) is 21.8 Å². The Morgan fingerprint density at radius 1 is 1.24 bits per heavy atom. The molecule has 0 saturated carbocycles. The topological polar surface area (TPSA) is 133 Å². The van der Waals surface area contributed by atoms with Gasteiger partial charge in [0.1, 0.15) is 6.04 Å². The summed E-state index contributed by atoms with van der Waals surface area (Å²) in [4.78, 5) is 34.5. The molecule has 0 bridgehead atoms. The number of nitrogens with one attached hydrogen (secondary N) is 2. The summed E-state index contributed by atoms with van der Waals surface area (Å²) in [5, 5.41) is 10.2. The van der Waals surface area contributed by atoms with Gasteiger partial charge < -0.3 is 10.0 Å². The van der Waals surface area contributed by atoms with Gasteiger partial charge in [-0.2, -0.15) is 0 Å². The van der Waals surface area contributed by atoms with E-state index in [1.165, 1.54) is 0 Å².